The number of aromatic nitrogens is 1. The van der Waals surface area contributed by atoms with Gasteiger partial charge in [0.05, 0.1) is 11.1 Å². The van der Waals surface area contributed by atoms with Crippen molar-refractivity contribution in [1.82, 2.24) is 9.88 Å². The first kappa shape index (κ1) is 17.4. The third kappa shape index (κ3) is 3.12. The first-order chi connectivity index (χ1) is 12.0. The molecule has 1 aromatic carbocycles. The first-order valence-corrected chi connectivity index (χ1v) is 10.4. The van der Waals surface area contributed by atoms with Gasteiger partial charge < -0.3 is 9.88 Å². The number of rotatable bonds is 4. The molecule has 1 aromatic heterocycles. The number of aryl methyl sites for hydroxylation is 1. The summed E-state index contributed by atoms with van der Waals surface area (Å²) < 4.78 is 2.97. The Hall–Kier alpha value is -1.00. The summed E-state index contributed by atoms with van der Waals surface area (Å²) in [7, 11) is 0. The van der Waals surface area contributed by atoms with Gasteiger partial charge in [-0.05, 0) is 68.9 Å². The molecule has 2 aromatic rings. The molecule has 0 atom stereocenters. The molecule has 5 rings (SSSR count). The third-order valence-electron chi connectivity index (χ3n) is 6.36. The third-order valence-corrected chi connectivity index (χ3v) is 7.20. The second kappa shape index (κ2) is 6.62. The zero-order valence-corrected chi connectivity index (χ0v) is 16.9. The Morgan fingerprint density at radius 2 is 2.00 bits per heavy atom. The molecule has 25 heavy (non-hydrogen) atoms. The van der Waals surface area contributed by atoms with Crippen LogP contribution in [0.2, 0.25) is 5.02 Å². The number of hydrogen-bond donors (Lipinski definition) is 1. The van der Waals surface area contributed by atoms with Crippen molar-refractivity contribution >= 4 is 44.3 Å². The van der Waals surface area contributed by atoms with Crippen molar-refractivity contribution in [1.29, 1.82) is 0 Å². The van der Waals surface area contributed by atoms with Gasteiger partial charge in [0, 0.05) is 34.2 Å². The number of carbonyl (C=O) groups is 1. The van der Waals surface area contributed by atoms with Crippen LogP contribution in [0.25, 0.3) is 10.9 Å². The summed E-state index contributed by atoms with van der Waals surface area (Å²) in [5.41, 5.74) is 2.08. The normalized spacial score (nSPS) is 25.5. The summed E-state index contributed by atoms with van der Waals surface area (Å²) in [6.07, 6.45) is 9.80. The molecule has 3 nitrogen and oxygen atoms in total. The number of amides is 1. The molecule has 3 fully saturated rings. The van der Waals surface area contributed by atoms with E-state index in [4.69, 9.17) is 11.6 Å². The summed E-state index contributed by atoms with van der Waals surface area (Å²) in [6.45, 7) is 3.69. The van der Waals surface area contributed by atoms with Crippen LogP contribution in [0.1, 0.15) is 55.8 Å². The Bertz CT molecular complexity index is 807. The highest BCUT2D eigenvalue weighted by molar-refractivity contribution is 9.10. The van der Waals surface area contributed by atoms with E-state index in [1.54, 1.807) is 0 Å². The molecule has 0 spiro atoms. The van der Waals surface area contributed by atoms with E-state index in [0.29, 0.717) is 10.4 Å². The molecule has 0 aliphatic heterocycles. The first-order valence-electron chi connectivity index (χ1n) is 9.27. The zero-order chi connectivity index (χ0) is 17.6. The van der Waals surface area contributed by atoms with Crippen LogP contribution < -0.4 is 5.32 Å². The van der Waals surface area contributed by atoms with Crippen molar-refractivity contribution in [2.24, 2.45) is 11.3 Å². The molecule has 0 unspecified atom stereocenters. The molecular weight excluding hydrogens is 400 g/mol. The van der Waals surface area contributed by atoms with Crippen LogP contribution in [0.5, 0.6) is 0 Å². The van der Waals surface area contributed by atoms with Gasteiger partial charge in [0.25, 0.3) is 5.91 Å². The summed E-state index contributed by atoms with van der Waals surface area (Å²) in [5.74, 6) is 0.975. The van der Waals surface area contributed by atoms with Gasteiger partial charge >= 0.3 is 0 Å². The summed E-state index contributed by atoms with van der Waals surface area (Å²) in [6, 6.07) is 3.80. The fourth-order valence-electron chi connectivity index (χ4n) is 4.74. The molecule has 0 radical (unpaired) electrons. The highest BCUT2D eigenvalue weighted by atomic mass is 79.9. The lowest BCUT2D eigenvalue weighted by molar-refractivity contribution is 0.0598. The van der Waals surface area contributed by atoms with Crippen molar-refractivity contribution in [2.45, 2.75) is 52.0 Å². The lowest BCUT2D eigenvalue weighted by Gasteiger charge is -2.46. The van der Waals surface area contributed by atoms with Crippen molar-refractivity contribution in [2.75, 3.05) is 6.54 Å². The standard InChI is InChI=1S/C20H24BrClN2O/c1-2-24-11-15(18-16(21)9-14(22)10-17(18)24)19(25)23-12-20-6-3-13(4-7-20)5-8-20/h9-11,13H,2-8,12H2,1H3,(H,23,25). The minimum Gasteiger partial charge on any atom is -0.351 e. The van der Waals surface area contributed by atoms with E-state index in [2.05, 4.69) is 32.7 Å². The van der Waals surface area contributed by atoms with Crippen LogP contribution in [0.4, 0.5) is 0 Å². The zero-order valence-electron chi connectivity index (χ0n) is 14.6. The number of nitrogens with one attached hydrogen (secondary N) is 1. The Morgan fingerprint density at radius 3 is 2.64 bits per heavy atom. The average Bonchev–Trinajstić information content (AvgIpc) is 3.00. The fraction of sp³-hybridized carbons (Fsp3) is 0.550. The van der Waals surface area contributed by atoms with Crippen molar-refractivity contribution in [3.8, 4) is 0 Å². The van der Waals surface area contributed by atoms with Gasteiger partial charge in [0.2, 0.25) is 0 Å². The largest absolute Gasteiger partial charge is 0.351 e. The Kier molecular flexibility index (Phi) is 4.61. The summed E-state index contributed by atoms with van der Waals surface area (Å²) >= 11 is 9.79. The van der Waals surface area contributed by atoms with E-state index in [0.717, 1.165) is 39.9 Å². The monoisotopic (exact) mass is 422 g/mol. The highest BCUT2D eigenvalue weighted by Crippen LogP contribution is 2.49. The lowest BCUT2D eigenvalue weighted by atomic mass is 9.61. The quantitative estimate of drug-likeness (QED) is 0.664. The molecule has 134 valence electrons. The molecule has 1 amide bonds. The number of fused-ring (bicyclic) bond motifs is 4. The van der Waals surface area contributed by atoms with Gasteiger partial charge in [-0.1, -0.05) is 27.5 Å². The maximum Gasteiger partial charge on any atom is 0.253 e. The Labute approximate surface area is 162 Å². The number of hydrogen-bond acceptors (Lipinski definition) is 1. The summed E-state index contributed by atoms with van der Waals surface area (Å²) in [5, 5.41) is 4.88. The van der Waals surface area contributed by atoms with Crippen molar-refractivity contribution in [3.63, 3.8) is 0 Å². The molecule has 1 heterocycles. The predicted molar refractivity (Wildman–Crippen MR) is 106 cm³/mol. The average molecular weight is 424 g/mol. The SMILES string of the molecule is CCn1cc(C(=O)NCC23CCC(CC2)CC3)c2c(Br)cc(Cl)cc21. The smallest absolute Gasteiger partial charge is 0.253 e. The van der Waals surface area contributed by atoms with E-state index in [-0.39, 0.29) is 5.91 Å². The minimum atomic E-state index is 0.0299. The van der Waals surface area contributed by atoms with Crippen LogP contribution in [0.3, 0.4) is 0 Å². The molecule has 3 aliphatic rings. The second-order valence-corrected chi connectivity index (χ2v) is 9.07. The van der Waals surface area contributed by atoms with E-state index in [1.807, 2.05) is 18.3 Å². The van der Waals surface area contributed by atoms with Crippen LogP contribution in [0, 0.1) is 11.3 Å². The molecule has 5 heteroatoms. The molecule has 3 saturated carbocycles. The Balaban J connectivity index is 1.60. The molecule has 2 bridgehead atoms. The molecule has 0 saturated heterocycles. The minimum absolute atomic E-state index is 0.0299. The maximum absolute atomic E-state index is 13.0. The molecule has 3 aliphatic carbocycles. The second-order valence-electron chi connectivity index (χ2n) is 7.78. The van der Waals surface area contributed by atoms with Gasteiger partial charge in [0.15, 0.2) is 0 Å². The van der Waals surface area contributed by atoms with Gasteiger partial charge in [-0.3, -0.25) is 4.79 Å². The number of benzene rings is 1. The van der Waals surface area contributed by atoms with Crippen molar-refractivity contribution < 1.29 is 4.79 Å². The van der Waals surface area contributed by atoms with Gasteiger partial charge in [-0.25, -0.2) is 0 Å². The lowest BCUT2D eigenvalue weighted by Crippen LogP contribution is -2.43. The Morgan fingerprint density at radius 1 is 1.32 bits per heavy atom. The van der Waals surface area contributed by atoms with E-state index in [1.165, 1.54) is 38.5 Å². The molecule has 1 N–H and O–H groups in total. The van der Waals surface area contributed by atoms with Crippen LogP contribution >= 0.6 is 27.5 Å². The fourth-order valence-corrected chi connectivity index (χ4v) is 5.75. The van der Waals surface area contributed by atoms with E-state index < -0.39 is 0 Å². The number of halogens is 2. The van der Waals surface area contributed by atoms with Crippen molar-refractivity contribution in [3.05, 3.63) is 33.4 Å². The molecular formula is C20H24BrClN2O. The van der Waals surface area contributed by atoms with Crippen LogP contribution in [0.15, 0.2) is 22.8 Å². The van der Waals surface area contributed by atoms with Gasteiger partial charge in [-0.2, -0.15) is 0 Å². The van der Waals surface area contributed by atoms with E-state index >= 15 is 0 Å². The summed E-state index contributed by atoms with van der Waals surface area (Å²) in [4.78, 5) is 13.0. The number of carbonyl (C=O) groups excluding carboxylic acids is 1. The van der Waals surface area contributed by atoms with Crippen LogP contribution in [-0.4, -0.2) is 17.0 Å². The highest BCUT2D eigenvalue weighted by Gasteiger charge is 2.40. The number of nitrogens with zero attached hydrogens (tertiary/aromatic N) is 1. The van der Waals surface area contributed by atoms with Gasteiger partial charge in [0.1, 0.15) is 0 Å². The predicted octanol–water partition coefficient (Wildman–Crippen LogP) is 5.78. The van der Waals surface area contributed by atoms with E-state index in [9.17, 15) is 4.79 Å². The van der Waals surface area contributed by atoms with Crippen LogP contribution in [-0.2, 0) is 6.54 Å². The topological polar surface area (TPSA) is 34.0 Å². The van der Waals surface area contributed by atoms with Gasteiger partial charge in [-0.15, -0.1) is 0 Å². The maximum atomic E-state index is 13.0.